The number of morpholine rings is 1. The van der Waals surface area contributed by atoms with Crippen molar-refractivity contribution in [3.8, 4) is 0 Å². The van der Waals surface area contributed by atoms with Gasteiger partial charge in [0.25, 0.3) is 0 Å². The van der Waals surface area contributed by atoms with E-state index >= 15 is 0 Å². The van der Waals surface area contributed by atoms with Crippen LogP contribution in [-0.2, 0) is 10.9 Å². The molecule has 2 atom stereocenters. The molecule has 106 valence electrons. The first-order valence-corrected chi connectivity index (χ1v) is 5.88. The molecule has 1 aromatic rings. The molecule has 8 heteroatoms. The summed E-state index contributed by atoms with van der Waals surface area (Å²) in [6.07, 6.45) is -4.68. The van der Waals surface area contributed by atoms with Crippen LogP contribution in [0.25, 0.3) is 0 Å². The number of nitrogens with zero attached hydrogens (tertiary/aromatic N) is 3. The molecular formula is C11H15F3N4O. The summed E-state index contributed by atoms with van der Waals surface area (Å²) in [6, 6.07) is 0.918. The zero-order chi connectivity index (χ0) is 14.2. The van der Waals surface area contributed by atoms with Gasteiger partial charge in [-0.3, -0.25) is 0 Å². The molecule has 2 N–H and O–H groups in total. The van der Waals surface area contributed by atoms with E-state index in [4.69, 9.17) is 10.5 Å². The van der Waals surface area contributed by atoms with Crippen LogP contribution in [-0.4, -0.2) is 35.3 Å². The van der Waals surface area contributed by atoms with Gasteiger partial charge in [0.05, 0.1) is 12.2 Å². The molecule has 0 bridgehead atoms. The predicted molar refractivity (Wildman–Crippen MR) is 63.7 cm³/mol. The fourth-order valence-corrected chi connectivity index (χ4v) is 2.12. The van der Waals surface area contributed by atoms with Crippen LogP contribution in [0.2, 0.25) is 0 Å². The third kappa shape index (κ3) is 3.25. The number of nitrogens with two attached hydrogens (primary N) is 1. The quantitative estimate of drug-likeness (QED) is 0.845. The fraction of sp³-hybridized carbons (Fsp3) is 0.636. The van der Waals surface area contributed by atoms with Crippen molar-refractivity contribution in [3.05, 3.63) is 11.8 Å². The lowest BCUT2D eigenvalue weighted by atomic mass is 10.2. The average molecular weight is 276 g/mol. The third-order valence-corrected chi connectivity index (χ3v) is 2.76. The zero-order valence-corrected chi connectivity index (χ0v) is 10.6. The molecule has 19 heavy (non-hydrogen) atoms. The molecule has 0 radical (unpaired) electrons. The maximum Gasteiger partial charge on any atom is 0.433 e. The monoisotopic (exact) mass is 276 g/mol. The molecule has 2 heterocycles. The summed E-state index contributed by atoms with van der Waals surface area (Å²) in [4.78, 5) is 8.83. The van der Waals surface area contributed by atoms with Crippen molar-refractivity contribution in [2.45, 2.75) is 32.2 Å². The molecule has 0 amide bonds. The van der Waals surface area contributed by atoms with Crippen LogP contribution in [0.4, 0.5) is 24.9 Å². The molecule has 0 aliphatic carbocycles. The predicted octanol–water partition coefficient (Wildman–Crippen LogP) is 1.69. The van der Waals surface area contributed by atoms with Crippen molar-refractivity contribution in [1.29, 1.82) is 0 Å². The van der Waals surface area contributed by atoms with Crippen molar-refractivity contribution in [2.24, 2.45) is 0 Å². The largest absolute Gasteiger partial charge is 0.433 e. The van der Waals surface area contributed by atoms with Gasteiger partial charge in [0.2, 0.25) is 5.95 Å². The van der Waals surface area contributed by atoms with E-state index in [2.05, 4.69) is 9.97 Å². The molecular weight excluding hydrogens is 261 g/mol. The first-order valence-electron chi connectivity index (χ1n) is 5.88. The Balaban J connectivity index is 2.31. The van der Waals surface area contributed by atoms with Crippen molar-refractivity contribution < 1.29 is 17.9 Å². The second-order valence-corrected chi connectivity index (χ2v) is 4.63. The van der Waals surface area contributed by atoms with Gasteiger partial charge in [0, 0.05) is 19.2 Å². The highest BCUT2D eigenvalue weighted by Crippen LogP contribution is 2.30. The summed E-state index contributed by atoms with van der Waals surface area (Å²) in [6.45, 7) is 4.66. The van der Waals surface area contributed by atoms with Crippen molar-refractivity contribution in [2.75, 3.05) is 23.7 Å². The summed E-state index contributed by atoms with van der Waals surface area (Å²) >= 11 is 0. The Morgan fingerprint density at radius 3 is 2.37 bits per heavy atom. The SMILES string of the molecule is C[C@@H]1CN(c2cc(C(F)(F)F)nc(N)n2)C[C@H](C)O1. The Morgan fingerprint density at radius 1 is 1.26 bits per heavy atom. The summed E-state index contributed by atoms with van der Waals surface area (Å²) in [5.74, 6) is -0.196. The van der Waals surface area contributed by atoms with Crippen LogP contribution in [0.3, 0.4) is 0 Å². The Labute approximate surface area is 108 Å². The number of ether oxygens (including phenoxy) is 1. The molecule has 1 aliphatic heterocycles. The average Bonchev–Trinajstić information content (AvgIpc) is 2.25. The Kier molecular flexibility index (Phi) is 3.53. The number of hydrogen-bond donors (Lipinski definition) is 1. The van der Waals surface area contributed by atoms with E-state index in [9.17, 15) is 13.2 Å². The first kappa shape index (κ1) is 13.9. The molecule has 0 saturated carbocycles. The highest BCUT2D eigenvalue weighted by atomic mass is 19.4. The van der Waals surface area contributed by atoms with Gasteiger partial charge in [0.15, 0.2) is 5.69 Å². The number of nitrogen functional groups attached to an aromatic ring is 1. The highest BCUT2D eigenvalue weighted by molar-refractivity contribution is 5.44. The van der Waals surface area contributed by atoms with Crippen LogP contribution < -0.4 is 10.6 Å². The Morgan fingerprint density at radius 2 is 1.84 bits per heavy atom. The lowest BCUT2D eigenvalue weighted by Gasteiger charge is -2.36. The van der Waals surface area contributed by atoms with Crippen LogP contribution in [0.1, 0.15) is 19.5 Å². The Hall–Kier alpha value is -1.57. The first-order chi connectivity index (χ1) is 8.75. The van der Waals surface area contributed by atoms with Crippen LogP contribution in [0.15, 0.2) is 6.07 Å². The number of rotatable bonds is 1. The lowest BCUT2D eigenvalue weighted by Crippen LogP contribution is -2.46. The smallest absolute Gasteiger partial charge is 0.372 e. The van der Waals surface area contributed by atoms with Gasteiger partial charge in [-0.1, -0.05) is 0 Å². The third-order valence-electron chi connectivity index (χ3n) is 2.76. The van der Waals surface area contributed by atoms with E-state index in [1.54, 1.807) is 4.90 Å². The number of aromatic nitrogens is 2. The van der Waals surface area contributed by atoms with Crippen LogP contribution in [0, 0.1) is 0 Å². The molecule has 1 fully saturated rings. The van der Waals surface area contributed by atoms with Gasteiger partial charge >= 0.3 is 6.18 Å². The van der Waals surface area contributed by atoms with Gasteiger partial charge in [-0.2, -0.15) is 18.2 Å². The van der Waals surface area contributed by atoms with Crippen molar-refractivity contribution in [1.82, 2.24) is 9.97 Å². The normalized spacial score (nSPS) is 24.6. The van der Waals surface area contributed by atoms with Gasteiger partial charge in [-0.05, 0) is 13.8 Å². The van der Waals surface area contributed by atoms with Crippen LogP contribution >= 0.6 is 0 Å². The maximum absolute atomic E-state index is 12.7. The minimum atomic E-state index is -4.53. The molecule has 1 aliphatic rings. The Bertz CT molecular complexity index is 456. The second-order valence-electron chi connectivity index (χ2n) is 4.63. The molecule has 1 aromatic heterocycles. The number of hydrogen-bond acceptors (Lipinski definition) is 5. The second kappa shape index (κ2) is 4.84. The number of anilines is 2. The van der Waals surface area contributed by atoms with Gasteiger partial charge in [-0.25, -0.2) is 4.98 Å². The summed E-state index contributed by atoms with van der Waals surface area (Å²) in [5, 5.41) is 0. The van der Waals surface area contributed by atoms with E-state index in [1.165, 1.54) is 0 Å². The lowest BCUT2D eigenvalue weighted by molar-refractivity contribution is -0.141. The van der Waals surface area contributed by atoms with E-state index in [-0.39, 0.29) is 24.0 Å². The van der Waals surface area contributed by atoms with E-state index < -0.39 is 11.9 Å². The van der Waals surface area contributed by atoms with Crippen molar-refractivity contribution in [3.63, 3.8) is 0 Å². The molecule has 1 saturated heterocycles. The standard InChI is InChI=1S/C11H15F3N4O/c1-6-4-18(5-7(2)19-6)9-3-8(11(12,13)14)16-10(15)17-9/h3,6-7H,4-5H2,1-2H3,(H2,15,16,17)/t6-,7+. The molecule has 0 unspecified atom stereocenters. The highest BCUT2D eigenvalue weighted by Gasteiger charge is 2.34. The van der Waals surface area contributed by atoms with Gasteiger partial charge in [0.1, 0.15) is 5.82 Å². The van der Waals surface area contributed by atoms with Crippen LogP contribution in [0.5, 0.6) is 0 Å². The fourth-order valence-electron chi connectivity index (χ4n) is 2.12. The number of halogens is 3. The summed E-state index contributed by atoms with van der Waals surface area (Å²) in [7, 11) is 0. The molecule has 2 rings (SSSR count). The van der Waals surface area contributed by atoms with E-state index in [1.807, 2.05) is 13.8 Å². The zero-order valence-electron chi connectivity index (χ0n) is 10.6. The van der Waals surface area contributed by atoms with Gasteiger partial charge < -0.3 is 15.4 Å². The topological polar surface area (TPSA) is 64.3 Å². The molecule has 0 spiro atoms. The molecule has 5 nitrogen and oxygen atoms in total. The summed E-state index contributed by atoms with van der Waals surface area (Å²) in [5.41, 5.74) is 4.33. The minimum Gasteiger partial charge on any atom is -0.372 e. The minimum absolute atomic E-state index is 0.0747. The number of alkyl halides is 3. The van der Waals surface area contributed by atoms with E-state index in [0.29, 0.717) is 13.1 Å². The van der Waals surface area contributed by atoms with Crippen molar-refractivity contribution >= 4 is 11.8 Å². The summed E-state index contributed by atoms with van der Waals surface area (Å²) < 4.78 is 43.6. The van der Waals surface area contributed by atoms with Gasteiger partial charge in [-0.15, -0.1) is 0 Å². The molecule has 0 aromatic carbocycles. The maximum atomic E-state index is 12.7. The van der Waals surface area contributed by atoms with E-state index in [0.717, 1.165) is 6.07 Å².